The van der Waals surface area contributed by atoms with Gasteiger partial charge in [0.15, 0.2) is 23.4 Å². The molecule has 29 heavy (non-hydrogen) atoms. The number of carbonyl (C=O) groups excluding carboxylic acids is 2. The molecule has 2 aromatic rings. The number of hydrogen-bond acceptors (Lipinski definition) is 7. The van der Waals surface area contributed by atoms with E-state index in [9.17, 15) is 9.59 Å². The molecule has 156 valence electrons. The maximum atomic E-state index is 13.1. The van der Waals surface area contributed by atoms with Gasteiger partial charge in [-0.25, -0.2) is 4.98 Å². The third-order valence-corrected chi connectivity index (χ3v) is 4.30. The Bertz CT molecular complexity index is 868. The number of rotatable bonds is 11. The summed E-state index contributed by atoms with van der Waals surface area (Å²) in [6, 6.07) is 6.61. The molecule has 0 fully saturated rings. The number of methoxy groups -OCH3 is 3. The van der Waals surface area contributed by atoms with Crippen molar-refractivity contribution in [3.8, 4) is 23.1 Å². The van der Waals surface area contributed by atoms with Crippen molar-refractivity contribution in [3.63, 3.8) is 0 Å². The van der Waals surface area contributed by atoms with Gasteiger partial charge in [0.2, 0.25) is 11.6 Å². The summed E-state index contributed by atoms with van der Waals surface area (Å²) in [4.78, 5) is 28.9. The molecule has 1 amide bonds. The van der Waals surface area contributed by atoms with Gasteiger partial charge < -0.3 is 24.7 Å². The number of nitrogens with zero attached hydrogens (tertiary/aromatic N) is 1. The van der Waals surface area contributed by atoms with Crippen molar-refractivity contribution in [1.29, 1.82) is 0 Å². The first-order valence-corrected chi connectivity index (χ1v) is 9.18. The van der Waals surface area contributed by atoms with Gasteiger partial charge in [-0.15, -0.1) is 0 Å². The Labute approximate surface area is 169 Å². The smallest absolute Gasteiger partial charge is 0.258 e. The molecule has 1 heterocycles. The van der Waals surface area contributed by atoms with Gasteiger partial charge in [0.25, 0.3) is 5.91 Å². The molecule has 0 saturated heterocycles. The Hall–Kier alpha value is -3.29. The van der Waals surface area contributed by atoms with Crippen LogP contribution in [-0.2, 0) is 11.2 Å². The fourth-order valence-electron chi connectivity index (χ4n) is 2.85. The SMILES string of the molecule is CCCC(Oc1c(C(=O)Cc2ccnc(OC)c2)ccc(OC)c1OC)C(N)=O. The number of benzene rings is 1. The van der Waals surface area contributed by atoms with Crippen molar-refractivity contribution in [1.82, 2.24) is 4.98 Å². The molecule has 0 spiro atoms. The number of ketones is 1. The van der Waals surface area contributed by atoms with Crippen LogP contribution < -0.4 is 24.7 Å². The van der Waals surface area contributed by atoms with E-state index in [-0.39, 0.29) is 29.3 Å². The maximum Gasteiger partial charge on any atom is 0.258 e. The van der Waals surface area contributed by atoms with Crippen LogP contribution in [0.5, 0.6) is 23.1 Å². The van der Waals surface area contributed by atoms with Gasteiger partial charge in [0, 0.05) is 18.7 Å². The van der Waals surface area contributed by atoms with Crippen molar-refractivity contribution in [3.05, 3.63) is 41.6 Å². The minimum Gasteiger partial charge on any atom is -0.493 e. The largest absolute Gasteiger partial charge is 0.493 e. The highest BCUT2D eigenvalue weighted by atomic mass is 16.5. The first kappa shape index (κ1) is 22.0. The highest BCUT2D eigenvalue weighted by molar-refractivity contribution is 6.01. The van der Waals surface area contributed by atoms with Crippen molar-refractivity contribution in [2.45, 2.75) is 32.3 Å². The Kier molecular flexibility index (Phi) is 7.82. The number of ether oxygens (including phenoxy) is 4. The topological polar surface area (TPSA) is 110 Å². The lowest BCUT2D eigenvalue weighted by Gasteiger charge is -2.21. The van der Waals surface area contributed by atoms with Crippen molar-refractivity contribution in [2.24, 2.45) is 5.73 Å². The van der Waals surface area contributed by atoms with E-state index < -0.39 is 12.0 Å². The quantitative estimate of drug-likeness (QED) is 0.575. The molecule has 8 nitrogen and oxygen atoms in total. The summed E-state index contributed by atoms with van der Waals surface area (Å²) in [6.07, 6.45) is 1.84. The number of aromatic nitrogens is 1. The molecule has 2 rings (SSSR count). The molecular formula is C21H26N2O6. The maximum absolute atomic E-state index is 13.1. The number of nitrogens with two attached hydrogens (primary N) is 1. The molecular weight excluding hydrogens is 376 g/mol. The molecule has 0 bridgehead atoms. The van der Waals surface area contributed by atoms with Crippen molar-refractivity contribution >= 4 is 11.7 Å². The summed E-state index contributed by atoms with van der Waals surface area (Å²) < 4.78 is 21.7. The molecule has 1 aromatic carbocycles. The van der Waals surface area contributed by atoms with Crippen LogP contribution in [0, 0.1) is 0 Å². The number of hydrogen-bond donors (Lipinski definition) is 1. The summed E-state index contributed by atoms with van der Waals surface area (Å²) in [7, 11) is 4.42. The third kappa shape index (κ3) is 5.37. The standard InChI is InChI=1S/C21H26N2O6/c1-5-6-17(21(22)25)29-19-14(7-8-16(26-2)20(19)28-4)15(24)11-13-9-10-23-18(12-13)27-3/h7-10,12,17H,5-6,11H2,1-4H3,(H2,22,25). The van der Waals surface area contributed by atoms with E-state index in [1.807, 2.05) is 6.92 Å². The molecule has 0 radical (unpaired) electrons. The monoisotopic (exact) mass is 402 g/mol. The summed E-state index contributed by atoms with van der Waals surface area (Å²) in [5, 5.41) is 0. The van der Waals surface area contributed by atoms with Crippen LogP contribution in [0.2, 0.25) is 0 Å². The Morgan fingerprint density at radius 1 is 1.07 bits per heavy atom. The van der Waals surface area contributed by atoms with Gasteiger partial charge in [-0.2, -0.15) is 0 Å². The second kappa shape index (κ2) is 10.3. The second-order valence-electron chi connectivity index (χ2n) is 6.28. The highest BCUT2D eigenvalue weighted by Crippen LogP contribution is 2.41. The first-order chi connectivity index (χ1) is 13.9. The molecule has 0 aliphatic heterocycles. The molecule has 0 aliphatic carbocycles. The third-order valence-electron chi connectivity index (χ3n) is 4.30. The van der Waals surface area contributed by atoms with Crippen LogP contribution in [-0.4, -0.2) is 44.1 Å². The summed E-state index contributed by atoms with van der Waals surface area (Å²) in [6.45, 7) is 1.91. The van der Waals surface area contributed by atoms with E-state index in [0.29, 0.717) is 24.5 Å². The van der Waals surface area contributed by atoms with E-state index in [4.69, 9.17) is 24.7 Å². The molecule has 1 atom stereocenters. The average molecular weight is 402 g/mol. The van der Waals surface area contributed by atoms with Gasteiger partial charge in [-0.3, -0.25) is 9.59 Å². The zero-order valence-corrected chi connectivity index (χ0v) is 17.1. The van der Waals surface area contributed by atoms with Crippen LogP contribution >= 0.6 is 0 Å². The highest BCUT2D eigenvalue weighted by Gasteiger charge is 2.26. The van der Waals surface area contributed by atoms with Crippen molar-refractivity contribution < 1.29 is 28.5 Å². The van der Waals surface area contributed by atoms with Crippen LogP contribution in [0.1, 0.15) is 35.7 Å². The Balaban J connectivity index is 2.46. The van der Waals surface area contributed by atoms with E-state index in [1.165, 1.54) is 21.3 Å². The van der Waals surface area contributed by atoms with Gasteiger partial charge in [-0.05, 0) is 30.2 Å². The summed E-state index contributed by atoms with van der Waals surface area (Å²) >= 11 is 0. The van der Waals surface area contributed by atoms with Gasteiger partial charge in [-0.1, -0.05) is 13.3 Å². The van der Waals surface area contributed by atoms with E-state index in [1.54, 1.807) is 30.5 Å². The van der Waals surface area contributed by atoms with E-state index >= 15 is 0 Å². The van der Waals surface area contributed by atoms with Crippen LogP contribution in [0.4, 0.5) is 0 Å². The lowest BCUT2D eigenvalue weighted by molar-refractivity contribution is -0.125. The lowest BCUT2D eigenvalue weighted by atomic mass is 10.0. The molecule has 1 aromatic heterocycles. The number of Topliss-reactive ketones (excluding diaryl/α,β-unsaturated/α-hetero) is 1. The summed E-state index contributed by atoms with van der Waals surface area (Å²) in [5.41, 5.74) is 6.46. The minimum absolute atomic E-state index is 0.0831. The summed E-state index contributed by atoms with van der Waals surface area (Å²) in [5.74, 6) is 0.311. The lowest BCUT2D eigenvalue weighted by Crippen LogP contribution is -2.34. The fraction of sp³-hybridized carbons (Fsp3) is 0.381. The van der Waals surface area contributed by atoms with Crippen LogP contribution in [0.25, 0.3) is 0 Å². The van der Waals surface area contributed by atoms with Crippen molar-refractivity contribution in [2.75, 3.05) is 21.3 Å². The van der Waals surface area contributed by atoms with E-state index in [2.05, 4.69) is 4.98 Å². The Morgan fingerprint density at radius 3 is 2.41 bits per heavy atom. The zero-order chi connectivity index (χ0) is 21.4. The molecule has 2 N–H and O–H groups in total. The fourth-order valence-corrected chi connectivity index (χ4v) is 2.85. The second-order valence-corrected chi connectivity index (χ2v) is 6.28. The average Bonchev–Trinajstić information content (AvgIpc) is 2.72. The molecule has 1 unspecified atom stereocenters. The molecule has 0 saturated carbocycles. The normalized spacial score (nSPS) is 11.4. The first-order valence-electron chi connectivity index (χ1n) is 9.18. The van der Waals surface area contributed by atoms with E-state index in [0.717, 1.165) is 5.56 Å². The molecule has 8 heteroatoms. The van der Waals surface area contributed by atoms with Gasteiger partial charge in [0.05, 0.1) is 26.9 Å². The predicted molar refractivity (Wildman–Crippen MR) is 107 cm³/mol. The van der Waals surface area contributed by atoms with Crippen LogP contribution in [0.3, 0.4) is 0 Å². The Morgan fingerprint density at radius 2 is 1.83 bits per heavy atom. The zero-order valence-electron chi connectivity index (χ0n) is 17.1. The van der Waals surface area contributed by atoms with Gasteiger partial charge in [0.1, 0.15) is 0 Å². The predicted octanol–water partition coefficient (Wildman–Crippen LogP) is 2.57. The van der Waals surface area contributed by atoms with Gasteiger partial charge >= 0.3 is 0 Å². The number of pyridine rings is 1. The minimum atomic E-state index is -0.895. The van der Waals surface area contributed by atoms with Crippen LogP contribution in [0.15, 0.2) is 30.5 Å². The number of carbonyl (C=O) groups is 2. The number of amides is 1. The number of primary amides is 1. The molecule has 0 aliphatic rings.